The van der Waals surface area contributed by atoms with Gasteiger partial charge < -0.3 is 14.6 Å². The summed E-state index contributed by atoms with van der Waals surface area (Å²) in [5, 5.41) is 11.1. The lowest BCUT2D eigenvalue weighted by atomic mass is 9.47. The zero-order chi connectivity index (χ0) is 17.9. The molecule has 0 aliphatic heterocycles. The van der Waals surface area contributed by atoms with Crippen molar-refractivity contribution in [2.75, 3.05) is 0 Å². The molecule has 5 rings (SSSR count). The van der Waals surface area contributed by atoms with E-state index >= 15 is 0 Å². The number of halogens is 2. The predicted octanol–water partition coefficient (Wildman–Crippen LogP) is 3.56. The van der Waals surface area contributed by atoms with E-state index in [0.29, 0.717) is 29.7 Å². The third kappa shape index (κ3) is 2.46. The van der Waals surface area contributed by atoms with Crippen LogP contribution < -0.4 is 9.84 Å². The largest absolute Gasteiger partial charge is 0.545 e. The number of rotatable bonds is 4. The number of carboxylic acid groups (broad SMARTS) is 1. The normalized spacial score (nSPS) is 36.0. The highest BCUT2D eigenvalue weighted by molar-refractivity contribution is 5.86. The monoisotopic (exact) mass is 349 g/mol. The zero-order valence-electron chi connectivity index (χ0n) is 14.6. The first-order valence-corrected chi connectivity index (χ1v) is 9.20. The molecular weight excluding hydrogens is 326 g/mol. The fourth-order valence-corrected chi connectivity index (χ4v) is 6.09. The second-order valence-corrected chi connectivity index (χ2v) is 8.47. The maximum absolute atomic E-state index is 14.4. The van der Waals surface area contributed by atoms with Gasteiger partial charge in [-0.15, -0.1) is 0 Å². The molecule has 0 amide bonds. The Kier molecular flexibility index (Phi) is 3.82. The van der Waals surface area contributed by atoms with Crippen molar-refractivity contribution in [2.45, 2.75) is 51.6 Å². The molecule has 0 radical (unpaired) electrons. The van der Waals surface area contributed by atoms with Gasteiger partial charge in [-0.25, -0.2) is 4.39 Å². The van der Waals surface area contributed by atoms with E-state index < -0.39 is 28.8 Å². The van der Waals surface area contributed by atoms with Gasteiger partial charge in [0.1, 0.15) is 5.60 Å². The van der Waals surface area contributed by atoms with Crippen LogP contribution in [-0.4, -0.2) is 11.6 Å². The summed E-state index contributed by atoms with van der Waals surface area (Å²) in [4.78, 5) is 11.1. The molecule has 3 nitrogen and oxygen atoms in total. The molecule has 5 heteroatoms. The van der Waals surface area contributed by atoms with Crippen LogP contribution in [0.5, 0.6) is 5.75 Å². The van der Waals surface area contributed by atoms with Crippen LogP contribution in [-0.2, 0) is 0 Å². The third-order valence-corrected chi connectivity index (χ3v) is 6.83. The standard InChI is InChI=1S/C20H24F2O3/c1-10(2)20(14-4-11-3-12(6-14)7-15(20)5-11)25-17-9-13(19(23)24)8-16(21)18(17)22/h8-12,14-15H,3-7H2,1-2H3,(H,23,24)/p-1. The molecule has 136 valence electrons. The van der Waals surface area contributed by atoms with Gasteiger partial charge in [0, 0.05) is 5.56 Å². The quantitative estimate of drug-likeness (QED) is 0.835. The Morgan fingerprint density at radius 3 is 2.16 bits per heavy atom. The second kappa shape index (κ2) is 5.68. The SMILES string of the molecule is CC(C)C1(Oc2cc(C(=O)[O-])cc(F)c2F)C2CC3CC(C2)CC1C3. The molecule has 0 saturated heterocycles. The fraction of sp³-hybridized carbons (Fsp3) is 0.650. The van der Waals surface area contributed by atoms with Crippen molar-refractivity contribution >= 4 is 5.97 Å². The number of benzene rings is 1. The molecule has 0 heterocycles. The van der Waals surface area contributed by atoms with Gasteiger partial charge in [-0.2, -0.15) is 4.39 Å². The van der Waals surface area contributed by atoms with Gasteiger partial charge >= 0.3 is 0 Å². The molecule has 4 saturated carbocycles. The predicted molar refractivity (Wildman–Crippen MR) is 85.9 cm³/mol. The first-order chi connectivity index (χ1) is 11.8. The lowest BCUT2D eigenvalue weighted by Gasteiger charge is -2.62. The lowest BCUT2D eigenvalue weighted by molar-refractivity contribution is -0.255. The van der Waals surface area contributed by atoms with Crippen LogP contribution in [0.3, 0.4) is 0 Å². The summed E-state index contributed by atoms with van der Waals surface area (Å²) < 4.78 is 34.5. The molecule has 0 aromatic heterocycles. The van der Waals surface area contributed by atoms with E-state index in [1.54, 1.807) is 0 Å². The van der Waals surface area contributed by atoms with E-state index in [0.717, 1.165) is 31.7 Å². The van der Waals surface area contributed by atoms with E-state index in [4.69, 9.17) is 4.74 Å². The van der Waals surface area contributed by atoms with Crippen LogP contribution >= 0.6 is 0 Å². The Morgan fingerprint density at radius 2 is 1.68 bits per heavy atom. The van der Waals surface area contributed by atoms with Crippen molar-refractivity contribution in [1.29, 1.82) is 0 Å². The molecule has 4 fully saturated rings. The van der Waals surface area contributed by atoms with Crippen molar-refractivity contribution in [2.24, 2.45) is 29.6 Å². The maximum Gasteiger partial charge on any atom is 0.200 e. The highest BCUT2D eigenvalue weighted by Gasteiger charge is 2.60. The van der Waals surface area contributed by atoms with E-state index in [1.807, 2.05) is 0 Å². The van der Waals surface area contributed by atoms with Gasteiger partial charge in [-0.3, -0.25) is 0 Å². The highest BCUT2D eigenvalue weighted by Crippen LogP contribution is 2.61. The van der Waals surface area contributed by atoms with E-state index in [2.05, 4.69) is 13.8 Å². The highest BCUT2D eigenvalue weighted by atomic mass is 19.2. The van der Waals surface area contributed by atoms with Crippen LogP contribution in [0.1, 0.15) is 56.3 Å². The van der Waals surface area contributed by atoms with Crippen LogP contribution in [0.4, 0.5) is 8.78 Å². The summed E-state index contributed by atoms with van der Waals surface area (Å²) in [6.07, 6.45) is 5.54. The fourth-order valence-electron chi connectivity index (χ4n) is 6.09. The van der Waals surface area contributed by atoms with Gasteiger partial charge in [-0.05, 0) is 73.8 Å². The first-order valence-electron chi connectivity index (χ1n) is 9.20. The average Bonchev–Trinajstić information content (AvgIpc) is 2.53. The number of carbonyl (C=O) groups is 1. The van der Waals surface area contributed by atoms with E-state index in [9.17, 15) is 18.7 Å². The Labute approximate surface area is 146 Å². The van der Waals surface area contributed by atoms with Gasteiger partial charge in [0.2, 0.25) is 5.82 Å². The number of carbonyl (C=O) groups excluding carboxylic acids is 1. The van der Waals surface area contributed by atoms with Crippen LogP contribution in [0.15, 0.2) is 12.1 Å². The molecule has 4 aliphatic carbocycles. The van der Waals surface area contributed by atoms with Gasteiger partial charge in [0.25, 0.3) is 0 Å². The Morgan fingerprint density at radius 1 is 1.12 bits per heavy atom. The maximum atomic E-state index is 14.4. The van der Waals surface area contributed by atoms with Crippen molar-refractivity contribution < 1.29 is 23.4 Å². The summed E-state index contributed by atoms with van der Waals surface area (Å²) in [7, 11) is 0. The molecule has 0 unspecified atom stereocenters. The molecule has 0 spiro atoms. The Bertz CT molecular complexity index is 685. The van der Waals surface area contributed by atoms with Gasteiger partial charge in [0.05, 0.1) is 5.97 Å². The van der Waals surface area contributed by atoms with Crippen molar-refractivity contribution in [3.05, 3.63) is 29.3 Å². The van der Waals surface area contributed by atoms with Crippen molar-refractivity contribution in [3.63, 3.8) is 0 Å². The van der Waals surface area contributed by atoms with Crippen LogP contribution in [0.2, 0.25) is 0 Å². The second-order valence-electron chi connectivity index (χ2n) is 8.47. The molecule has 0 atom stereocenters. The van der Waals surface area contributed by atoms with E-state index in [-0.39, 0.29) is 11.7 Å². The smallest absolute Gasteiger partial charge is 0.200 e. The summed E-state index contributed by atoms with van der Waals surface area (Å²) in [5.74, 6) is -1.94. The van der Waals surface area contributed by atoms with Crippen LogP contribution in [0, 0.1) is 41.2 Å². The number of aromatic carboxylic acids is 1. The lowest BCUT2D eigenvalue weighted by Crippen LogP contribution is -2.63. The van der Waals surface area contributed by atoms with E-state index in [1.165, 1.54) is 6.42 Å². The molecule has 1 aromatic rings. The third-order valence-electron chi connectivity index (χ3n) is 6.83. The zero-order valence-corrected chi connectivity index (χ0v) is 14.6. The number of carboxylic acids is 1. The van der Waals surface area contributed by atoms with Crippen molar-refractivity contribution in [1.82, 2.24) is 0 Å². The molecule has 4 bridgehead atoms. The molecule has 25 heavy (non-hydrogen) atoms. The summed E-state index contributed by atoms with van der Waals surface area (Å²) in [5.41, 5.74) is -0.942. The first kappa shape index (κ1) is 16.8. The minimum Gasteiger partial charge on any atom is -0.545 e. The summed E-state index contributed by atoms with van der Waals surface area (Å²) in [6.45, 7) is 4.14. The number of hydrogen-bond donors (Lipinski definition) is 0. The summed E-state index contributed by atoms with van der Waals surface area (Å²) >= 11 is 0. The topological polar surface area (TPSA) is 49.4 Å². The number of ether oxygens (including phenoxy) is 1. The minimum atomic E-state index is -1.53. The Balaban J connectivity index is 1.76. The molecular formula is C20H23F2O3-. The minimum absolute atomic E-state index is 0.136. The Hall–Kier alpha value is -1.65. The summed E-state index contributed by atoms with van der Waals surface area (Å²) in [6, 6.07) is 1.72. The average molecular weight is 349 g/mol. The van der Waals surface area contributed by atoms with Gasteiger partial charge in [-0.1, -0.05) is 13.8 Å². The van der Waals surface area contributed by atoms with Crippen LogP contribution in [0.25, 0.3) is 0 Å². The number of hydrogen-bond acceptors (Lipinski definition) is 3. The van der Waals surface area contributed by atoms with Gasteiger partial charge in [0.15, 0.2) is 11.6 Å². The molecule has 1 aromatic carbocycles. The van der Waals surface area contributed by atoms with Crippen molar-refractivity contribution in [3.8, 4) is 5.75 Å². The molecule has 4 aliphatic rings. The molecule has 0 N–H and O–H groups in total.